The zero-order valence-corrected chi connectivity index (χ0v) is 24.0. The van der Waals surface area contributed by atoms with Crippen LogP contribution in [0.1, 0.15) is 81.2 Å². The Balaban J connectivity index is 1.95. The topological polar surface area (TPSA) is 108 Å². The molecule has 1 aliphatic carbocycles. The van der Waals surface area contributed by atoms with Crippen molar-refractivity contribution < 1.29 is 24.2 Å². The van der Waals surface area contributed by atoms with Gasteiger partial charge in [-0.3, -0.25) is 9.59 Å². The normalized spacial score (nSPS) is 15.6. The number of amides is 3. The first-order chi connectivity index (χ1) is 18.4. The molecule has 2 aromatic rings. The van der Waals surface area contributed by atoms with Gasteiger partial charge in [0.15, 0.2) is 0 Å². The minimum atomic E-state index is -0.997. The molecule has 1 aliphatic rings. The first kappa shape index (κ1) is 30.0. The average Bonchev–Trinajstić information content (AvgIpc) is 2.86. The van der Waals surface area contributed by atoms with Gasteiger partial charge in [0.25, 0.3) is 0 Å². The molecule has 0 saturated heterocycles. The lowest BCUT2D eigenvalue weighted by molar-refractivity contribution is -0.141. The number of likely N-dealkylation sites (N-methyl/N-ethyl adjacent to an activating group) is 1. The van der Waals surface area contributed by atoms with E-state index in [1.165, 1.54) is 23.5 Å². The van der Waals surface area contributed by atoms with Gasteiger partial charge in [-0.25, -0.2) is 4.79 Å². The summed E-state index contributed by atoms with van der Waals surface area (Å²) in [6.07, 6.45) is 4.60. The molecule has 0 heterocycles. The van der Waals surface area contributed by atoms with Crippen LogP contribution in [0.3, 0.4) is 0 Å². The molecule has 0 radical (unpaired) electrons. The number of ether oxygens (including phenoxy) is 1. The summed E-state index contributed by atoms with van der Waals surface area (Å²) in [6.45, 7) is 9.13. The lowest BCUT2D eigenvalue weighted by Gasteiger charge is -2.34. The molecule has 2 aromatic carbocycles. The van der Waals surface area contributed by atoms with E-state index in [-0.39, 0.29) is 24.1 Å². The Hall–Kier alpha value is -3.55. The smallest absolute Gasteiger partial charge is 0.408 e. The lowest BCUT2D eigenvalue weighted by Crippen LogP contribution is -2.53. The number of rotatable bonds is 8. The minimum Gasteiger partial charge on any atom is -0.508 e. The number of nitrogens with zero attached hydrogens (tertiary/aromatic N) is 1. The van der Waals surface area contributed by atoms with Crippen molar-refractivity contribution in [3.63, 3.8) is 0 Å². The second-order valence-corrected chi connectivity index (χ2v) is 11.6. The van der Waals surface area contributed by atoms with Crippen LogP contribution in [0.5, 0.6) is 5.75 Å². The summed E-state index contributed by atoms with van der Waals surface area (Å²) in [6, 6.07) is 10.5. The van der Waals surface area contributed by atoms with E-state index >= 15 is 0 Å². The van der Waals surface area contributed by atoms with E-state index < -0.39 is 29.7 Å². The third-order valence-corrected chi connectivity index (χ3v) is 7.12. The van der Waals surface area contributed by atoms with Gasteiger partial charge in [-0.15, -0.1) is 0 Å². The molecule has 3 rings (SSSR count). The molecule has 1 saturated carbocycles. The predicted octanol–water partition coefficient (Wildman–Crippen LogP) is 5.09. The molecule has 0 spiro atoms. The van der Waals surface area contributed by atoms with Gasteiger partial charge in [0.2, 0.25) is 11.8 Å². The highest BCUT2D eigenvalue weighted by molar-refractivity contribution is 5.92. The molecule has 3 N–H and O–H groups in total. The van der Waals surface area contributed by atoms with Gasteiger partial charge in [0.1, 0.15) is 23.4 Å². The summed E-state index contributed by atoms with van der Waals surface area (Å²) >= 11 is 0. The molecular formula is C31H43N3O5. The van der Waals surface area contributed by atoms with Crippen LogP contribution in [0.2, 0.25) is 0 Å². The molecule has 3 amide bonds. The number of hydrogen-bond donors (Lipinski definition) is 3. The fourth-order valence-corrected chi connectivity index (χ4v) is 5.18. The lowest BCUT2D eigenvalue weighted by atomic mass is 9.92. The summed E-state index contributed by atoms with van der Waals surface area (Å²) in [5.41, 5.74) is 2.60. The van der Waals surface area contributed by atoms with Crippen molar-refractivity contribution in [1.29, 1.82) is 0 Å². The van der Waals surface area contributed by atoms with Crippen LogP contribution in [-0.2, 0) is 20.7 Å². The molecule has 212 valence electrons. The maximum Gasteiger partial charge on any atom is 0.408 e. The van der Waals surface area contributed by atoms with E-state index in [0.717, 1.165) is 47.9 Å². The number of alkyl carbamates (subject to hydrolysis) is 1. The minimum absolute atomic E-state index is 0.0780. The van der Waals surface area contributed by atoms with Crippen LogP contribution >= 0.6 is 0 Å². The Labute approximate surface area is 232 Å². The van der Waals surface area contributed by atoms with Gasteiger partial charge in [-0.2, -0.15) is 0 Å². The number of aromatic hydroxyl groups is 1. The Morgan fingerprint density at radius 3 is 2.15 bits per heavy atom. The van der Waals surface area contributed by atoms with E-state index in [2.05, 4.69) is 10.6 Å². The van der Waals surface area contributed by atoms with Crippen molar-refractivity contribution in [3.05, 3.63) is 64.7 Å². The number of aryl methyl sites for hydroxylation is 2. The zero-order valence-electron chi connectivity index (χ0n) is 24.0. The molecule has 0 aliphatic heterocycles. The molecule has 0 bridgehead atoms. The molecule has 2 atom stereocenters. The summed E-state index contributed by atoms with van der Waals surface area (Å²) < 4.78 is 5.45. The Bertz CT molecular complexity index is 1130. The van der Waals surface area contributed by atoms with Gasteiger partial charge in [-0.05, 0) is 81.8 Å². The first-order valence-electron chi connectivity index (χ1n) is 13.8. The Kier molecular flexibility index (Phi) is 10.0. The number of nitrogens with one attached hydrogen (secondary N) is 2. The maximum atomic E-state index is 14.1. The van der Waals surface area contributed by atoms with Crippen LogP contribution in [0.15, 0.2) is 42.5 Å². The highest BCUT2D eigenvalue weighted by Crippen LogP contribution is 2.29. The molecule has 39 heavy (non-hydrogen) atoms. The molecule has 8 nitrogen and oxygen atoms in total. The SMILES string of the molecule is Cc1cccc(C)c1C(C(=O)NC1CCCCC1)N(C)C(=O)C(Cc1ccc(O)cc1)NC(=O)OC(C)(C)C. The highest BCUT2D eigenvalue weighted by Gasteiger charge is 2.36. The molecule has 0 aromatic heterocycles. The Morgan fingerprint density at radius 1 is 1.00 bits per heavy atom. The summed E-state index contributed by atoms with van der Waals surface area (Å²) in [5, 5.41) is 15.6. The fourth-order valence-electron chi connectivity index (χ4n) is 5.18. The molecular weight excluding hydrogens is 494 g/mol. The highest BCUT2D eigenvalue weighted by atomic mass is 16.6. The third kappa shape index (κ3) is 8.47. The average molecular weight is 538 g/mol. The van der Waals surface area contributed by atoms with Crippen LogP contribution in [-0.4, -0.2) is 52.6 Å². The van der Waals surface area contributed by atoms with Crippen molar-refractivity contribution in [2.45, 2.75) is 96.9 Å². The van der Waals surface area contributed by atoms with Gasteiger partial charge < -0.3 is 25.4 Å². The zero-order chi connectivity index (χ0) is 28.7. The van der Waals surface area contributed by atoms with Crippen molar-refractivity contribution >= 4 is 17.9 Å². The number of phenolic OH excluding ortho intramolecular Hbond substituents is 1. The fraction of sp³-hybridized carbons (Fsp3) is 0.516. The van der Waals surface area contributed by atoms with E-state index in [9.17, 15) is 19.5 Å². The van der Waals surface area contributed by atoms with E-state index in [1.807, 2.05) is 32.0 Å². The summed E-state index contributed by atoms with van der Waals surface area (Å²) in [7, 11) is 1.61. The number of hydrogen-bond acceptors (Lipinski definition) is 5. The van der Waals surface area contributed by atoms with E-state index in [4.69, 9.17) is 4.74 Å². The van der Waals surface area contributed by atoms with Crippen LogP contribution < -0.4 is 10.6 Å². The second kappa shape index (κ2) is 13.0. The quantitative estimate of drug-likeness (QED) is 0.435. The van der Waals surface area contributed by atoms with E-state index in [0.29, 0.717) is 0 Å². The molecule has 8 heteroatoms. The van der Waals surface area contributed by atoms with Crippen LogP contribution in [0, 0.1) is 13.8 Å². The number of carbonyl (C=O) groups is 3. The summed E-state index contributed by atoms with van der Waals surface area (Å²) in [5.74, 6) is -0.537. The van der Waals surface area contributed by atoms with Gasteiger partial charge in [-0.1, -0.05) is 49.6 Å². The van der Waals surface area contributed by atoms with E-state index in [1.54, 1.807) is 40.0 Å². The predicted molar refractivity (Wildman–Crippen MR) is 151 cm³/mol. The van der Waals surface area contributed by atoms with Crippen molar-refractivity contribution in [2.24, 2.45) is 0 Å². The van der Waals surface area contributed by atoms with Crippen LogP contribution in [0.25, 0.3) is 0 Å². The van der Waals surface area contributed by atoms with Gasteiger partial charge in [0.05, 0.1) is 0 Å². The summed E-state index contributed by atoms with van der Waals surface area (Å²) in [4.78, 5) is 42.1. The van der Waals surface area contributed by atoms with Crippen LogP contribution in [0.4, 0.5) is 4.79 Å². The van der Waals surface area contributed by atoms with Crippen molar-refractivity contribution in [3.8, 4) is 5.75 Å². The first-order valence-corrected chi connectivity index (χ1v) is 13.8. The second-order valence-electron chi connectivity index (χ2n) is 11.6. The Morgan fingerprint density at radius 2 is 1.59 bits per heavy atom. The largest absolute Gasteiger partial charge is 0.508 e. The molecule has 2 unspecified atom stereocenters. The third-order valence-electron chi connectivity index (χ3n) is 7.12. The number of phenols is 1. The standard InChI is InChI=1S/C31H43N3O5/c1-20-11-10-12-21(2)26(20)27(28(36)32-23-13-8-7-9-14-23)34(6)29(37)25(33-30(38)39-31(3,4)5)19-22-15-17-24(35)18-16-22/h10-12,15-18,23,25,27,35H,7-9,13-14,19H2,1-6H3,(H,32,36)(H,33,38). The van der Waals surface area contributed by atoms with Gasteiger partial charge in [0, 0.05) is 19.5 Å². The van der Waals surface area contributed by atoms with Crippen molar-refractivity contribution in [2.75, 3.05) is 7.05 Å². The number of benzene rings is 2. The monoisotopic (exact) mass is 537 g/mol. The van der Waals surface area contributed by atoms with Gasteiger partial charge >= 0.3 is 6.09 Å². The van der Waals surface area contributed by atoms with Crippen molar-refractivity contribution in [1.82, 2.24) is 15.5 Å². The number of carbonyl (C=O) groups excluding carboxylic acids is 3. The molecule has 1 fully saturated rings. The maximum absolute atomic E-state index is 14.1.